The van der Waals surface area contributed by atoms with Gasteiger partial charge in [-0.2, -0.15) is 4.39 Å². The van der Waals surface area contributed by atoms with Gasteiger partial charge in [-0.1, -0.05) is 0 Å². The summed E-state index contributed by atoms with van der Waals surface area (Å²) in [6.45, 7) is 0. The maximum atomic E-state index is 12.7. The highest BCUT2D eigenvalue weighted by molar-refractivity contribution is 6.67. The highest BCUT2D eigenvalue weighted by Crippen LogP contribution is 2.17. The number of carbonyl (C=O) groups is 1. The molecule has 3 nitrogen and oxygen atoms in total. The van der Waals surface area contributed by atoms with Crippen LogP contribution in [0.1, 0.15) is 22.3 Å². The van der Waals surface area contributed by atoms with Gasteiger partial charge in [0.2, 0.25) is 5.95 Å². The van der Waals surface area contributed by atoms with Crippen LogP contribution in [-0.2, 0) is 0 Å². The van der Waals surface area contributed by atoms with E-state index >= 15 is 0 Å². The second kappa shape index (κ2) is 3.83. The molecule has 0 aliphatic carbocycles. The molecule has 0 fully saturated rings. The second-order valence-corrected chi connectivity index (χ2v) is 2.70. The van der Waals surface area contributed by atoms with Crippen LogP contribution in [0.15, 0.2) is 10.9 Å². The Morgan fingerprint density at radius 2 is 2.07 bits per heavy atom. The van der Waals surface area contributed by atoms with Gasteiger partial charge in [0, 0.05) is 0 Å². The molecule has 1 aromatic rings. The number of hydrogen-bond donors (Lipinski definition) is 1. The Balaban J connectivity index is 3.42. The first kappa shape index (κ1) is 10.8. The van der Waals surface area contributed by atoms with E-state index in [1.807, 2.05) is 0 Å². The summed E-state index contributed by atoms with van der Waals surface area (Å²) in [5.74, 6) is -1.32. The monoisotopic (exact) mass is 225 g/mol. The van der Waals surface area contributed by atoms with Crippen LogP contribution in [0.25, 0.3) is 0 Å². The molecule has 0 spiro atoms. The van der Waals surface area contributed by atoms with E-state index in [2.05, 4.69) is 0 Å². The lowest BCUT2D eigenvalue weighted by molar-refractivity contribution is 0.107. The van der Waals surface area contributed by atoms with Gasteiger partial charge in [-0.15, -0.1) is 0 Å². The Bertz CT molecular complexity index is 429. The SMILES string of the molecule is O=C(Cl)c1cc(C(F)F)c(=O)[nH]c1F. The molecule has 0 unspecified atom stereocenters. The van der Waals surface area contributed by atoms with Gasteiger partial charge in [0.1, 0.15) is 0 Å². The summed E-state index contributed by atoms with van der Waals surface area (Å²) in [6.07, 6.45) is -3.09. The number of pyridine rings is 1. The summed E-state index contributed by atoms with van der Waals surface area (Å²) >= 11 is 4.89. The van der Waals surface area contributed by atoms with Gasteiger partial charge in [-0.25, -0.2) is 8.78 Å². The number of halogens is 4. The van der Waals surface area contributed by atoms with Crippen molar-refractivity contribution >= 4 is 16.8 Å². The van der Waals surface area contributed by atoms with E-state index < -0.39 is 34.3 Å². The second-order valence-electron chi connectivity index (χ2n) is 2.36. The Morgan fingerprint density at radius 1 is 1.50 bits per heavy atom. The normalized spacial score (nSPS) is 10.6. The van der Waals surface area contributed by atoms with Gasteiger partial charge in [0.15, 0.2) is 0 Å². The van der Waals surface area contributed by atoms with Crippen LogP contribution < -0.4 is 5.56 Å². The van der Waals surface area contributed by atoms with Gasteiger partial charge in [-0.05, 0) is 17.7 Å². The van der Waals surface area contributed by atoms with Crippen molar-refractivity contribution in [1.82, 2.24) is 4.98 Å². The zero-order valence-corrected chi connectivity index (χ0v) is 7.24. The first-order valence-corrected chi connectivity index (χ1v) is 3.72. The minimum absolute atomic E-state index is 0.439. The van der Waals surface area contributed by atoms with Crippen LogP contribution in [0.4, 0.5) is 13.2 Å². The van der Waals surface area contributed by atoms with E-state index in [1.54, 1.807) is 0 Å². The lowest BCUT2D eigenvalue weighted by Crippen LogP contribution is -2.17. The summed E-state index contributed by atoms with van der Waals surface area (Å²) in [4.78, 5) is 22.7. The quantitative estimate of drug-likeness (QED) is 0.617. The molecular formula is C7H3ClF3NO2. The van der Waals surface area contributed by atoms with Crippen LogP contribution in [-0.4, -0.2) is 10.2 Å². The minimum Gasteiger partial charge on any atom is -0.298 e. The van der Waals surface area contributed by atoms with Crippen molar-refractivity contribution in [3.63, 3.8) is 0 Å². The third kappa shape index (κ3) is 1.95. The number of nitrogens with one attached hydrogen (secondary N) is 1. The topological polar surface area (TPSA) is 49.9 Å². The fraction of sp³-hybridized carbons (Fsp3) is 0.143. The van der Waals surface area contributed by atoms with Crippen molar-refractivity contribution in [2.75, 3.05) is 0 Å². The molecule has 14 heavy (non-hydrogen) atoms. The molecule has 0 saturated heterocycles. The lowest BCUT2D eigenvalue weighted by Gasteiger charge is -2.01. The van der Waals surface area contributed by atoms with Gasteiger partial charge in [0.25, 0.3) is 17.2 Å². The molecule has 0 aromatic carbocycles. The number of alkyl halides is 2. The molecule has 0 bridgehead atoms. The maximum Gasteiger partial charge on any atom is 0.269 e. The molecule has 1 rings (SSSR count). The molecule has 1 aromatic heterocycles. The van der Waals surface area contributed by atoms with E-state index in [-0.39, 0.29) is 0 Å². The molecule has 0 aliphatic heterocycles. The van der Waals surface area contributed by atoms with Crippen LogP contribution in [0, 0.1) is 5.95 Å². The average molecular weight is 226 g/mol. The molecule has 7 heteroatoms. The summed E-state index contributed by atoms with van der Waals surface area (Å²) < 4.78 is 37.0. The number of carbonyl (C=O) groups excluding carboxylic acids is 1. The molecule has 0 radical (unpaired) electrons. The summed E-state index contributed by atoms with van der Waals surface area (Å²) in [5.41, 5.74) is -3.05. The van der Waals surface area contributed by atoms with Crippen LogP contribution in [0.5, 0.6) is 0 Å². The van der Waals surface area contributed by atoms with Crippen molar-refractivity contribution in [1.29, 1.82) is 0 Å². The Morgan fingerprint density at radius 3 is 2.50 bits per heavy atom. The van der Waals surface area contributed by atoms with E-state index in [0.717, 1.165) is 0 Å². The predicted molar refractivity (Wildman–Crippen MR) is 42.2 cm³/mol. The Hall–Kier alpha value is -1.30. The third-order valence-electron chi connectivity index (χ3n) is 1.47. The van der Waals surface area contributed by atoms with Gasteiger partial charge >= 0.3 is 0 Å². The predicted octanol–water partition coefficient (Wildman–Crippen LogP) is 1.83. The summed E-state index contributed by atoms with van der Waals surface area (Å²) in [7, 11) is 0. The van der Waals surface area contributed by atoms with Crippen LogP contribution >= 0.6 is 11.6 Å². The first-order valence-electron chi connectivity index (χ1n) is 3.34. The van der Waals surface area contributed by atoms with Gasteiger partial charge in [0.05, 0.1) is 11.1 Å². The highest BCUT2D eigenvalue weighted by Gasteiger charge is 2.18. The van der Waals surface area contributed by atoms with Crippen LogP contribution in [0.2, 0.25) is 0 Å². The zero-order valence-electron chi connectivity index (χ0n) is 6.48. The van der Waals surface area contributed by atoms with Crippen molar-refractivity contribution in [3.05, 3.63) is 33.5 Å². The third-order valence-corrected chi connectivity index (χ3v) is 1.67. The molecule has 1 heterocycles. The molecule has 0 saturated carbocycles. The average Bonchev–Trinajstić information content (AvgIpc) is 2.02. The zero-order chi connectivity index (χ0) is 10.9. The van der Waals surface area contributed by atoms with Crippen LogP contribution in [0.3, 0.4) is 0 Å². The van der Waals surface area contributed by atoms with E-state index in [9.17, 15) is 22.8 Å². The number of aromatic nitrogens is 1. The molecule has 76 valence electrons. The largest absolute Gasteiger partial charge is 0.298 e. The molecule has 1 N–H and O–H groups in total. The molecule has 0 amide bonds. The van der Waals surface area contributed by atoms with E-state index in [4.69, 9.17) is 11.6 Å². The summed E-state index contributed by atoms with van der Waals surface area (Å²) in [6, 6.07) is 0.439. The fourth-order valence-electron chi connectivity index (χ4n) is 0.829. The van der Waals surface area contributed by atoms with Gasteiger partial charge < -0.3 is 0 Å². The number of rotatable bonds is 2. The van der Waals surface area contributed by atoms with Crippen molar-refractivity contribution in [3.8, 4) is 0 Å². The van der Waals surface area contributed by atoms with Crippen molar-refractivity contribution in [2.24, 2.45) is 0 Å². The first-order chi connectivity index (χ1) is 6.43. The van der Waals surface area contributed by atoms with E-state index in [0.29, 0.717) is 6.07 Å². The standard InChI is InChI=1S/C7H3ClF3NO2/c8-4(13)2-1-3(5(9)10)7(14)12-6(2)11/h1,5H,(H,12,14). The Kier molecular flexibility index (Phi) is 2.95. The number of H-pyrrole nitrogens is 1. The maximum absolute atomic E-state index is 12.7. The fourth-order valence-corrected chi connectivity index (χ4v) is 0.966. The highest BCUT2D eigenvalue weighted by atomic mass is 35.5. The molecular weight excluding hydrogens is 223 g/mol. The lowest BCUT2D eigenvalue weighted by atomic mass is 10.2. The molecule has 0 aliphatic rings. The van der Waals surface area contributed by atoms with E-state index in [1.165, 1.54) is 4.98 Å². The molecule has 0 atom stereocenters. The Labute approximate surface area is 80.5 Å². The van der Waals surface area contributed by atoms with Crippen molar-refractivity contribution in [2.45, 2.75) is 6.43 Å². The summed E-state index contributed by atoms with van der Waals surface area (Å²) in [5, 5.41) is -1.25. The van der Waals surface area contributed by atoms with Crippen molar-refractivity contribution < 1.29 is 18.0 Å². The number of aromatic amines is 1. The smallest absolute Gasteiger partial charge is 0.269 e. The number of hydrogen-bond acceptors (Lipinski definition) is 2. The minimum atomic E-state index is -3.09. The van der Waals surface area contributed by atoms with Gasteiger partial charge in [-0.3, -0.25) is 14.6 Å².